The first-order chi connectivity index (χ1) is 10.2. The van der Waals surface area contributed by atoms with Crippen molar-refractivity contribution in [3.8, 4) is 16.9 Å². The van der Waals surface area contributed by atoms with Crippen molar-refractivity contribution >= 4 is 17.6 Å². The lowest BCUT2D eigenvalue weighted by Gasteiger charge is -2.11. The van der Waals surface area contributed by atoms with Crippen LogP contribution in [0.2, 0.25) is 5.02 Å². The van der Waals surface area contributed by atoms with E-state index in [1.54, 1.807) is 0 Å². The first-order valence-corrected chi connectivity index (χ1v) is 6.13. The zero-order valence-corrected chi connectivity index (χ0v) is 11.4. The fourth-order valence-corrected chi connectivity index (χ4v) is 2.04. The molecule has 0 amide bonds. The molecule has 0 bridgehead atoms. The van der Waals surface area contributed by atoms with Gasteiger partial charge in [0.1, 0.15) is 11.6 Å². The van der Waals surface area contributed by atoms with Gasteiger partial charge in [0.25, 0.3) is 0 Å². The first-order valence-electron chi connectivity index (χ1n) is 5.76. The highest BCUT2D eigenvalue weighted by Gasteiger charge is 2.31. The topological polar surface area (TPSA) is 46.5 Å². The van der Waals surface area contributed by atoms with Gasteiger partial charge in [-0.2, -0.15) is 0 Å². The second kappa shape index (κ2) is 5.84. The number of benzene rings is 2. The van der Waals surface area contributed by atoms with Crippen molar-refractivity contribution in [2.45, 2.75) is 6.36 Å². The van der Waals surface area contributed by atoms with E-state index in [9.17, 15) is 22.4 Å². The lowest BCUT2D eigenvalue weighted by molar-refractivity contribution is -0.274. The molecule has 2 rings (SSSR count). The van der Waals surface area contributed by atoms with Gasteiger partial charge < -0.3 is 9.84 Å². The zero-order valence-electron chi connectivity index (χ0n) is 10.6. The molecule has 0 aliphatic carbocycles. The number of aromatic carboxylic acids is 1. The summed E-state index contributed by atoms with van der Waals surface area (Å²) < 4.78 is 54.2. The van der Waals surface area contributed by atoms with Gasteiger partial charge in [-0.05, 0) is 29.8 Å². The van der Waals surface area contributed by atoms with Crippen LogP contribution in [0.15, 0.2) is 36.4 Å². The number of carboxylic acids is 1. The van der Waals surface area contributed by atoms with Crippen molar-refractivity contribution in [2.75, 3.05) is 0 Å². The second-order valence-corrected chi connectivity index (χ2v) is 4.60. The van der Waals surface area contributed by atoms with E-state index in [1.807, 2.05) is 0 Å². The van der Waals surface area contributed by atoms with E-state index in [4.69, 9.17) is 16.7 Å². The molecule has 8 heteroatoms. The summed E-state index contributed by atoms with van der Waals surface area (Å²) in [7, 11) is 0. The molecule has 116 valence electrons. The summed E-state index contributed by atoms with van der Waals surface area (Å²) in [4.78, 5) is 10.8. The van der Waals surface area contributed by atoms with Crippen LogP contribution in [0.4, 0.5) is 17.6 Å². The summed E-state index contributed by atoms with van der Waals surface area (Å²) in [6.07, 6.45) is -4.87. The van der Waals surface area contributed by atoms with E-state index >= 15 is 0 Å². The minimum atomic E-state index is -4.87. The molecule has 0 atom stereocenters. The van der Waals surface area contributed by atoms with E-state index in [2.05, 4.69) is 4.74 Å². The van der Waals surface area contributed by atoms with Gasteiger partial charge in [-0.25, -0.2) is 9.18 Å². The van der Waals surface area contributed by atoms with Crippen LogP contribution in [0.5, 0.6) is 5.75 Å². The predicted octanol–water partition coefficient (Wildman–Crippen LogP) is 4.74. The summed E-state index contributed by atoms with van der Waals surface area (Å²) in [5.74, 6) is -2.86. The molecule has 0 heterocycles. The van der Waals surface area contributed by atoms with Gasteiger partial charge in [0.05, 0.1) is 10.6 Å². The molecule has 2 aromatic rings. The zero-order chi connectivity index (χ0) is 16.5. The molecule has 1 N–H and O–H groups in total. The van der Waals surface area contributed by atoms with Crippen LogP contribution < -0.4 is 4.74 Å². The van der Waals surface area contributed by atoms with E-state index in [1.165, 1.54) is 12.1 Å². The van der Waals surface area contributed by atoms with Crippen molar-refractivity contribution < 1.29 is 32.2 Å². The van der Waals surface area contributed by atoms with E-state index in [-0.39, 0.29) is 16.1 Å². The molecule has 22 heavy (non-hydrogen) atoms. The van der Waals surface area contributed by atoms with E-state index in [0.29, 0.717) is 6.07 Å². The van der Waals surface area contributed by atoms with Crippen LogP contribution in [-0.4, -0.2) is 17.4 Å². The molecular weight excluding hydrogens is 328 g/mol. The first kappa shape index (κ1) is 16.1. The van der Waals surface area contributed by atoms with Gasteiger partial charge in [0.15, 0.2) is 0 Å². The Balaban J connectivity index is 2.46. The van der Waals surface area contributed by atoms with Crippen LogP contribution in [0.3, 0.4) is 0 Å². The minimum Gasteiger partial charge on any atom is -0.478 e. The Kier molecular flexibility index (Phi) is 4.27. The Labute approximate surface area is 126 Å². The summed E-state index contributed by atoms with van der Waals surface area (Å²) in [6, 6.07) is 6.36. The molecule has 0 spiro atoms. The largest absolute Gasteiger partial charge is 0.573 e. The summed E-state index contributed by atoms with van der Waals surface area (Å²) in [5.41, 5.74) is -0.508. The maximum atomic E-state index is 14.0. The molecule has 0 aliphatic rings. The number of halogens is 5. The lowest BCUT2D eigenvalue weighted by atomic mass is 10.0. The lowest BCUT2D eigenvalue weighted by Crippen LogP contribution is -2.17. The molecule has 0 radical (unpaired) electrons. The predicted molar refractivity (Wildman–Crippen MR) is 70.5 cm³/mol. The molecule has 0 aromatic heterocycles. The van der Waals surface area contributed by atoms with Gasteiger partial charge in [-0.15, -0.1) is 13.2 Å². The molecule has 0 unspecified atom stereocenters. The molecule has 0 saturated carbocycles. The smallest absolute Gasteiger partial charge is 0.478 e. The van der Waals surface area contributed by atoms with E-state index < -0.39 is 29.5 Å². The fourth-order valence-electron chi connectivity index (χ4n) is 1.79. The normalized spacial score (nSPS) is 11.3. The van der Waals surface area contributed by atoms with Gasteiger partial charge in [-0.3, -0.25) is 0 Å². The SMILES string of the molecule is O=C(O)c1cc(F)c(-c2cccc(OC(F)(F)F)c2)cc1Cl. The number of hydrogen-bond donors (Lipinski definition) is 1. The maximum absolute atomic E-state index is 14.0. The number of rotatable bonds is 3. The highest BCUT2D eigenvalue weighted by Crippen LogP contribution is 2.32. The van der Waals surface area contributed by atoms with Crippen LogP contribution in [0.1, 0.15) is 10.4 Å². The summed E-state index contributed by atoms with van der Waals surface area (Å²) in [5, 5.41) is 8.60. The number of carboxylic acid groups (broad SMARTS) is 1. The average molecular weight is 335 g/mol. The maximum Gasteiger partial charge on any atom is 0.573 e. The number of alkyl halides is 3. The van der Waals surface area contributed by atoms with Gasteiger partial charge >= 0.3 is 12.3 Å². The Bertz CT molecular complexity index is 729. The summed E-state index contributed by atoms with van der Waals surface area (Å²) >= 11 is 5.73. The molecule has 2 aromatic carbocycles. The molecule has 0 aliphatic heterocycles. The van der Waals surface area contributed by atoms with Gasteiger partial charge in [-0.1, -0.05) is 23.7 Å². The molecular formula is C14H7ClF4O3. The van der Waals surface area contributed by atoms with Gasteiger partial charge in [0.2, 0.25) is 0 Å². The van der Waals surface area contributed by atoms with Crippen LogP contribution in [0.25, 0.3) is 11.1 Å². The average Bonchev–Trinajstić information content (AvgIpc) is 2.39. The highest BCUT2D eigenvalue weighted by atomic mass is 35.5. The number of carbonyl (C=O) groups is 1. The van der Waals surface area contributed by atoms with Crippen molar-refractivity contribution in [1.29, 1.82) is 0 Å². The van der Waals surface area contributed by atoms with Crippen molar-refractivity contribution in [3.63, 3.8) is 0 Å². The number of hydrogen-bond acceptors (Lipinski definition) is 2. The summed E-state index contributed by atoms with van der Waals surface area (Å²) in [6.45, 7) is 0. The quantitative estimate of drug-likeness (QED) is 0.824. The van der Waals surface area contributed by atoms with Crippen LogP contribution in [0, 0.1) is 5.82 Å². The highest BCUT2D eigenvalue weighted by molar-refractivity contribution is 6.33. The Hall–Kier alpha value is -2.28. The fraction of sp³-hybridized carbons (Fsp3) is 0.0714. The van der Waals surface area contributed by atoms with Crippen molar-refractivity contribution in [2.24, 2.45) is 0 Å². The van der Waals surface area contributed by atoms with Crippen LogP contribution >= 0.6 is 11.6 Å². The Morgan fingerprint density at radius 2 is 1.86 bits per heavy atom. The third kappa shape index (κ3) is 3.67. The molecule has 0 fully saturated rings. The molecule has 3 nitrogen and oxygen atoms in total. The van der Waals surface area contributed by atoms with Crippen molar-refractivity contribution in [1.82, 2.24) is 0 Å². The van der Waals surface area contributed by atoms with Crippen molar-refractivity contribution in [3.05, 3.63) is 52.8 Å². The Morgan fingerprint density at radius 3 is 2.45 bits per heavy atom. The monoisotopic (exact) mass is 334 g/mol. The standard InChI is InChI=1S/C14H7ClF4O3/c15-11-5-9(12(16)6-10(11)13(20)21)7-2-1-3-8(4-7)22-14(17,18)19/h1-6H,(H,20,21). The third-order valence-corrected chi connectivity index (χ3v) is 2.98. The Morgan fingerprint density at radius 1 is 1.18 bits per heavy atom. The van der Waals surface area contributed by atoms with Gasteiger partial charge in [0, 0.05) is 5.56 Å². The van der Waals surface area contributed by atoms with Crippen LogP contribution in [-0.2, 0) is 0 Å². The second-order valence-electron chi connectivity index (χ2n) is 4.19. The third-order valence-electron chi connectivity index (χ3n) is 2.67. The minimum absolute atomic E-state index is 0.0677. The van der Waals surface area contributed by atoms with E-state index in [0.717, 1.165) is 18.2 Å². The molecule has 0 saturated heterocycles. The number of ether oxygens (including phenoxy) is 1.